The number of aryl methyl sites for hydroxylation is 2. The summed E-state index contributed by atoms with van der Waals surface area (Å²) in [6.07, 6.45) is -2.56. The zero-order valence-electron chi connectivity index (χ0n) is 9.17. The van der Waals surface area contributed by atoms with Crippen molar-refractivity contribution < 1.29 is 8.78 Å². The van der Waals surface area contributed by atoms with Gasteiger partial charge in [-0.15, -0.1) is 0 Å². The van der Waals surface area contributed by atoms with Gasteiger partial charge in [0.15, 0.2) is 5.84 Å². The highest BCUT2D eigenvalue weighted by Gasteiger charge is 2.26. The number of benzene rings is 1. The maximum atomic E-state index is 12.7. The molecule has 1 aliphatic rings. The second-order valence-electron chi connectivity index (χ2n) is 3.86. The van der Waals surface area contributed by atoms with Crippen LogP contribution >= 0.6 is 0 Å². The van der Waals surface area contributed by atoms with E-state index in [2.05, 4.69) is 10.5 Å². The summed E-state index contributed by atoms with van der Waals surface area (Å²) >= 11 is 0. The quantitative estimate of drug-likeness (QED) is 0.836. The molecule has 16 heavy (non-hydrogen) atoms. The van der Waals surface area contributed by atoms with Crippen LogP contribution in [0.15, 0.2) is 23.3 Å². The molecule has 0 bridgehead atoms. The summed E-state index contributed by atoms with van der Waals surface area (Å²) < 4.78 is 25.3. The standard InChI is InChI=1S/C11H13F2N3/c1-7-3-8(2)5-9(4-7)16-6-14-15-11(16)10(12)13/h3-5,10,14H,6H2,1-2H3. The molecule has 1 aromatic carbocycles. The van der Waals surface area contributed by atoms with E-state index in [9.17, 15) is 8.78 Å². The Morgan fingerprint density at radius 2 is 1.88 bits per heavy atom. The van der Waals surface area contributed by atoms with E-state index >= 15 is 0 Å². The van der Waals surface area contributed by atoms with Gasteiger partial charge >= 0.3 is 0 Å². The lowest BCUT2D eigenvalue weighted by Crippen LogP contribution is -2.33. The van der Waals surface area contributed by atoms with Crippen LogP contribution in [0.25, 0.3) is 0 Å². The summed E-state index contributed by atoms with van der Waals surface area (Å²) in [5.74, 6) is -0.218. The van der Waals surface area contributed by atoms with E-state index in [1.54, 1.807) is 0 Å². The number of alkyl halides is 2. The van der Waals surface area contributed by atoms with E-state index in [1.807, 2.05) is 32.0 Å². The van der Waals surface area contributed by atoms with E-state index in [0.29, 0.717) is 6.67 Å². The Hall–Kier alpha value is -1.65. The monoisotopic (exact) mass is 225 g/mol. The van der Waals surface area contributed by atoms with E-state index in [-0.39, 0.29) is 5.84 Å². The van der Waals surface area contributed by atoms with Crippen LogP contribution in [0.3, 0.4) is 0 Å². The van der Waals surface area contributed by atoms with Crippen molar-refractivity contribution in [1.82, 2.24) is 5.43 Å². The lowest BCUT2D eigenvalue weighted by Gasteiger charge is -2.19. The molecule has 0 aliphatic carbocycles. The summed E-state index contributed by atoms with van der Waals surface area (Å²) in [6, 6.07) is 5.75. The summed E-state index contributed by atoms with van der Waals surface area (Å²) in [7, 11) is 0. The van der Waals surface area contributed by atoms with Gasteiger partial charge in [0.2, 0.25) is 0 Å². The zero-order chi connectivity index (χ0) is 11.7. The molecule has 5 heteroatoms. The number of halogens is 2. The lowest BCUT2D eigenvalue weighted by atomic mass is 10.1. The number of hydrazone groups is 1. The van der Waals surface area contributed by atoms with Crippen molar-refractivity contribution in [2.75, 3.05) is 11.6 Å². The molecule has 3 nitrogen and oxygen atoms in total. The minimum atomic E-state index is -2.56. The average Bonchev–Trinajstić information content (AvgIpc) is 2.63. The first-order valence-electron chi connectivity index (χ1n) is 5.02. The van der Waals surface area contributed by atoms with Crippen molar-refractivity contribution in [3.63, 3.8) is 0 Å². The highest BCUT2D eigenvalue weighted by Crippen LogP contribution is 2.22. The fraction of sp³-hybridized carbons (Fsp3) is 0.364. The van der Waals surface area contributed by atoms with Crippen molar-refractivity contribution in [3.8, 4) is 0 Å². The van der Waals surface area contributed by atoms with Crippen molar-refractivity contribution in [3.05, 3.63) is 29.3 Å². The summed E-state index contributed by atoms with van der Waals surface area (Å²) in [5, 5.41) is 3.59. The van der Waals surface area contributed by atoms with E-state index in [4.69, 9.17) is 0 Å². The predicted molar refractivity (Wildman–Crippen MR) is 59.8 cm³/mol. The lowest BCUT2D eigenvalue weighted by molar-refractivity contribution is 0.224. The van der Waals surface area contributed by atoms with Crippen LogP contribution in [0.5, 0.6) is 0 Å². The molecule has 0 spiro atoms. The Labute approximate surface area is 92.8 Å². The molecule has 0 aromatic heterocycles. The van der Waals surface area contributed by atoms with Gasteiger partial charge < -0.3 is 4.90 Å². The van der Waals surface area contributed by atoms with Crippen molar-refractivity contribution in [2.45, 2.75) is 20.3 Å². The smallest absolute Gasteiger partial charge is 0.297 e. The van der Waals surface area contributed by atoms with Crippen molar-refractivity contribution in [1.29, 1.82) is 0 Å². The molecule has 0 atom stereocenters. The molecule has 0 radical (unpaired) electrons. The Morgan fingerprint density at radius 1 is 1.25 bits per heavy atom. The molecular formula is C11H13F2N3. The molecule has 0 amide bonds. The van der Waals surface area contributed by atoms with E-state index in [1.165, 1.54) is 4.90 Å². The third-order valence-electron chi connectivity index (χ3n) is 2.41. The SMILES string of the molecule is Cc1cc(C)cc(N2CNN=C2C(F)F)c1. The van der Waals surface area contributed by atoms with Gasteiger partial charge in [-0.05, 0) is 37.1 Å². The second kappa shape index (κ2) is 4.08. The third-order valence-corrected chi connectivity index (χ3v) is 2.41. The highest BCUT2D eigenvalue weighted by atomic mass is 19.3. The van der Waals surface area contributed by atoms with Gasteiger partial charge in [0.1, 0.15) is 6.67 Å². The van der Waals surface area contributed by atoms with Gasteiger partial charge in [0, 0.05) is 5.69 Å². The molecular weight excluding hydrogens is 212 g/mol. The first-order valence-corrected chi connectivity index (χ1v) is 5.02. The molecule has 86 valence electrons. The number of nitrogens with one attached hydrogen (secondary N) is 1. The number of rotatable bonds is 2. The summed E-state index contributed by atoms with van der Waals surface area (Å²) in [5.41, 5.74) is 5.43. The number of anilines is 1. The van der Waals surface area contributed by atoms with Crippen LogP contribution < -0.4 is 10.3 Å². The number of hydrogen-bond donors (Lipinski definition) is 1. The van der Waals surface area contributed by atoms with Crippen LogP contribution in [0.2, 0.25) is 0 Å². The second-order valence-corrected chi connectivity index (χ2v) is 3.86. The fourth-order valence-corrected chi connectivity index (χ4v) is 1.83. The van der Waals surface area contributed by atoms with E-state index in [0.717, 1.165) is 16.8 Å². The highest BCUT2D eigenvalue weighted by molar-refractivity contribution is 6.01. The number of amidine groups is 1. The van der Waals surface area contributed by atoms with Crippen LogP contribution in [0.4, 0.5) is 14.5 Å². The Bertz CT molecular complexity index is 409. The van der Waals surface area contributed by atoms with Crippen molar-refractivity contribution >= 4 is 11.5 Å². The molecule has 1 aliphatic heterocycles. The molecule has 1 heterocycles. The van der Waals surface area contributed by atoms with Gasteiger partial charge in [-0.1, -0.05) is 6.07 Å². The van der Waals surface area contributed by atoms with Gasteiger partial charge in [-0.3, -0.25) is 5.43 Å². The molecule has 2 rings (SSSR count). The van der Waals surface area contributed by atoms with E-state index < -0.39 is 6.43 Å². The predicted octanol–water partition coefficient (Wildman–Crippen LogP) is 2.25. The average molecular weight is 225 g/mol. The van der Waals surface area contributed by atoms with Crippen LogP contribution in [-0.4, -0.2) is 18.9 Å². The first-order chi connectivity index (χ1) is 7.58. The Kier molecular flexibility index (Phi) is 2.77. The number of nitrogens with zero attached hydrogens (tertiary/aromatic N) is 2. The Morgan fingerprint density at radius 3 is 2.44 bits per heavy atom. The summed E-state index contributed by atoms with van der Waals surface area (Å²) in [6.45, 7) is 4.18. The maximum Gasteiger partial charge on any atom is 0.297 e. The molecule has 1 aromatic rings. The molecule has 0 fully saturated rings. The largest absolute Gasteiger partial charge is 0.304 e. The van der Waals surface area contributed by atoms with Crippen LogP contribution in [-0.2, 0) is 0 Å². The molecule has 0 saturated heterocycles. The van der Waals surface area contributed by atoms with Crippen LogP contribution in [0.1, 0.15) is 11.1 Å². The minimum Gasteiger partial charge on any atom is -0.304 e. The molecule has 1 N–H and O–H groups in total. The first kappa shape index (κ1) is 10.9. The van der Waals surface area contributed by atoms with Crippen molar-refractivity contribution in [2.24, 2.45) is 5.10 Å². The maximum absolute atomic E-state index is 12.7. The normalized spacial score (nSPS) is 15.3. The minimum absolute atomic E-state index is 0.218. The Balaban J connectivity index is 2.34. The zero-order valence-corrected chi connectivity index (χ0v) is 9.17. The van der Waals surface area contributed by atoms with Crippen LogP contribution in [0, 0.1) is 13.8 Å². The summed E-state index contributed by atoms with van der Waals surface area (Å²) in [4.78, 5) is 1.49. The van der Waals surface area contributed by atoms with Gasteiger partial charge in [0.25, 0.3) is 6.43 Å². The molecule has 0 unspecified atom stereocenters. The fourth-order valence-electron chi connectivity index (χ4n) is 1.83. The number of hydrogen-bond acceptors (Lipinski definition) is 3. The van der Waals surface area contributed by atoms with Gasteiger partial charge in [-0.25, -0.2) is 8.78 Å². The topological polar surface area (TPSA) is 27.6 Å². The molecule has 0 saturated carbocycles. The van der Waals surface area contributed by atoms with Gasteiger partial charge in [-0.2, -0.15) is 5.10 Å². The third kappa shape index (κ3) is 1.98. The van der Waals surface area contributed by atoms with Gasteiger partial charge in [0.05, 0.1) is 0 Å².